The van der Waals surface area contributed by atoms with E-state index >= 15 is 0 Å². The Bertz CT molecular complexity index is 3310. The van der Waals surface area contributed by atoms with E-state index in [0.717, 1.165) is 50.8 Å². The van der Waals surface area contributed by atoms with E-state index in [4.69, 9.17) is 4.74 Å². The molecule has 0 amide bonds. The molecule has 2 heteroatoms. The molecule has 0 aromatic heterocycles. The topological polar surface area (TPSA) is 12.5 Å². The van der Waals surface area contributed by atoms with Gasteiger partial charge in [0, 0.05) is 5.69 Å². The van der Waals surface area contributed by atoms with E-state index in [9.17, 15) is 0 Å². The second-order valence-electron chi connectivity index (χ2n) is 16.6. The summed E-state index contributed by atoms with van der Waals surface area (Å²) in [4.78, 5) is 2.28. The Morgan fingerprint density at radius 1 is 0.403 bits per heavy atom. The summed E-state index contributed by atoms with van der Waals surface area (Å²) in [6, 6.07) is 79.6. The van der Waals surface area contributed by atoms with Gasteiger partial charge in [-0.05, 0) is 133 Å². The van der Waals surface area contributed by atoms with Gasteiger partial charge in [-0.2, -0.15) is 0 Å². The third-order valence-electron chi connectivity index (χ3n) is 13.0. The van der Waals surface area contributed by atoms with Gasteiger partial charge in [0.2, 0.25) is 0 Å². The van der Waals surface area contributed by atoms with Gasteiger partial charge < -0.3 is 9.64 Å². The zero-order valence-electron chi connectivity index (χ0n) is 34.3. The molecular weight excluding hydrogens is 751 g/mol. The maximum absolute atomic E-state index is 6.50. The molecule has 0 spiro atoms. The van der Waals surface area contributed by atoms with Gasteiger partial charge in [-0.15, -0.1) is 0 Å². The number of para-hydroxylation sites is 2. The number of hydrogen-bond donors (Lipinski definition) is 0. The van der Waals surface area contributed by atoms with E-state index in [0.29, 0.717) is 0 Å². The first-order valence-electron chi connectivity index (χ1n) is 21.4. The number of benzene rings is 10. The maximum atomic E-state index is 6.50. The Labute approximate surface area is 362 Å². The number of nitrogens with zero attached hydrogens (tertiary/aromatic N) is 1. The summed E-state index contributed by atoms with van der Waals surface area (Å²) in [6.07, 6.45) is 4.39. The minimum Gasteiger partial charge on any atom is -0.453 e. The first kappa shape index (κ1) is 36.0. The van der Waals surface area contributed by atoms with Gasteiger partial charge in [0.1, 0.15) is 0 Å². The minimum absolute atomic E-state index is 0.430. The van der Waals surface area contributed by atoms with Crippen LogP contribution in [-0.2, 0) is 5.41 Å². The summed E-state index contributed by atoms with van der Waals surface area (Å²) >= 11 is 0. The summed E-state index contributed by atoms with van der Waals surface area (Å²) in [5, 5.41) is 5.28. The summed E-state index contributed by atoms with van der Waals surface area (Å²) in [7, 11) is 0. The van der Waals surface area contributed by atoms with Crippen molar-refractivity contribution in [2.75, 3.05) is 4.90 Å². The second kappa shape index (κ2) is 14.4. The van der Waals surface area contributed by atoms with Crippen LogP contribution in [0.5, 0.6) is 11.5 Å². The summed E-state index contributed by atoms with van der Waals surface area (Å²) in [5.41, 5.74) is 16.2. The molecule has 2 nitrogen and oxygen atoms in total. The van der Waals surface area contributed by atoms with Crippen molar-refractivity contribution in [2.24, 2.45) is 0 Å². The van der Waals surface area contributed by atoms with Crippen molar-refractivity contribution in [1.82, 2.24) is 0 Å². The molecule has 2 aliphatic rings. The standard InChI is InChI=1S/C60H41NO/c1-40-19-34-51(35-20-40)61-54-17-8-9-18-56(54)62-57-39-46(33-36-55(57)61)43-27-23-41(24-28-43)21-22-42-25-29-44(30-26-42)48-37-47-32-31-45-11-10-16-52-58(45)59(47)53(38-48)60(52,49-12-4-2-5-13-49)50-14-6-3-7-15-50/h2-39H,1H3. The summed E-state index contributed by atoms with van der Waals surface area (Å²) < 4.78 is 6.50. The second-order valence-corrected chi connectivity index (χ2v) is 16.6. The predicted molar refractivity (Wildman–Crippen MR) is 259 cm³/mol. The highest BCUT2D eigenvalue weighted by atomic mass is 16.5. The number of aryl methyl sites for hydroxylation is 1. The number of hydrogen-bond acceptors (Lipinski definition) is 2. The van der Waals surface area contributed by atoms with Crippen molar-refractivity contribution in [1.29, 1.82) is 0 Å². The van der Waals surface area contributed by atoms with E-state index < -0.39 is 5.41 Å². The van der Waals surface area contributed by atoms with Gasteiger partial charge >= 0.3 is 0 Å². The molecule has 0 saturated carbocycles. The number of ether oxygens (including phenoxy) is 1. The van der Waals surface area contributed by atoms with Crippen molar-refractivity contribution in [2.45, 2.75) is 12.3 Å². The van der Waals surface area contributed by atoms with Crippen molar-refractivity contribution < 1.29 is 4.74 Å². The molecule has 62 heavy (non-hydrogen) atoms. The molecule has 0 unspecified atom stereocenters. The fourth-order valence-corrected chi connectivity index (χ4v) is 10.0. The van der Waals surface area contributed by atoms with Crippen LogP contribution in [0.15, 0.2) is 218 Å². The first-order chi connectivity index (χ1) is 30.6. The molecule has 0 radical (unpaired) electrons. The van der Waals surface area contributed by atoms with Crippen LogP contribution in [0.3, 0.4) is 0 Å². The molecule has 10 aromatic carbocycles. The molecule has 1 aliphatic carbocycles. The molecule has 0 bridgehead atoms. The van der Waals surface area contributed by atoms with Crippen molar-refractivity contribution >= 4 is 50.8 Å². The molecule has 10 aromatic rings. The first-order valence-corrected chi connectivity index (χ1v) is 21.4. The van der Waals surface area contributed by atoms with Gasteiger partial charge in [-0.25, -0.2) is 0 Å². The van der Waals surface area contributed by atoms with Crippen molar-refractivity contribution in [3.8, 4) is 33.8 Å². The van der Waals surface area contributed by atoms with E-state index in [1.54, 1.807) is 0 Å². The maximum Gasteiger partial charge on any atom is 0.152 e. The Morgan fingerprint density at radius 3 is 1.68 bits per heavy atom. The Morgan fingerprint density at radius 2 is 0.984 bits per heavy atom. The number of anilines is 3. The van der Waals surface area contributed by atoms with Gasteiger partial charge in [0.05, 0.1) is 16.8 Å². The lowest BCUT2D eigenvalue weighted by Crippen LogP contribution is -2.28. The van der Waals surface area contributed by atoms with Crippen LogP contribution in [-0.4, -0.2) is 0 Å². The molecule has 1 heterocycles. The zero-order chi connectivity index (χ0) is 41.2. The van der Waals surface area contributed by atoms with Gasteiger partial charge in [-0.1, -0.05) is 188 Å². The SMILES string of the molecule is Cc1ccc(N2c3ccccc3Oc3cc(-c4ccc(C=Cc5ccc(-c6cc7c8c(ccc9cccc(c98)C7(c7ccccc7)c7ccccc7)c6)cc5)cc4)ccc32)cc1. The monoisotopic (exact) mass is 791 g/mol. The van der Waals surface area contributed by atoms with E-state index in [-0.39, 0.29) is 0 Å². The normalized spacial score (nSPS) is 13.4. The van der Waals surface area contributed by atoms with E-state index in [1.807, 2.05) is 12.1 Å². The quantitative estimate of drug-likeness (QED) is 0.118. The minimum atomic E-state index is -0.430. The Kier molecular flexibility index (Phi) is 8.33. The summed E-state index contributed by atoms with van der Waals surface area (Å²) in [5.74, 6) is 1.69. The third kappa shape index (κ3) is 5.72. The molecular formula is C60H41NO. The highest BCUT2D eigenvalue weighted by Crippen LogP contribution is 2.57. The highest BCUT2D eigenvalue weighted by molar-refractivity contribution is 6.17. The fourth-order valence-electron chi connectivity index (χ4n) is 10.0. The Balaban J connectivity index is 0.838. The molecule has 1 aliphatic heterocycles. The average Bonchev–Trinajstić information content (AvgIpc) is 3.64. The molecule has 0 fully saturated rings. The van der Waals surface area contributed by atoms with Crippen molar-refractivity contribution in [3.63, 3.8) is 0 Å². The van der Waals surface area contributed by atoms with E-state index in [2.05, 4.69) is 230 Å². The highest BCUT2D eigenvalue weighted by Gasteiger charge is 2.45. The van der Waals surface area contributed by atoms with Crippen LogP contribution in [0, 0.1) is 6.92 Å². The van der Waals surface area contributed by atoms with Crippen LogP contribution in [0.2, 0.25) is 0 Å². The fraction of sp³-hybridized carbons (Fsp3) is 0.0333. The largest absolute Gasteiger partial charge is 0.453 e. The predicted octanol–water partition coefficient (Wildman–Crippen LogP) is 16.1. The lowest BCUT2D eigenvalue weighted by molar-refractivity contribution is 0.477. The molecule has 0 N–H and O–H groups in total. The van der Waals surface area contributed by atoms with E-state index in [1.165, 1.54) is 60.5 Å². The van der Waals surface area contributed by atoms with Crippen LogP contribution in [0.4, 0.5) is 17.1 Å². The van der Waals surface area contributed by atoms with Crippen LogP contribution in [0.1, 0.15) is 38.9 Å². The van der Waals surface area contributed by atoms with Crippen molar-refractivity contribution in [3.05, 3.63) is 257 Å². The lowest BCUT2D eigenvalue weighted by atomic mass is 9.67. The van der Waals surface area contributed by atoms with Gasteiger partial charge in [-0.3, -0.25) is 0 Å². The van der Waals surface area contributed by atoms with Gasteiger partial charge in [0.15, 0.2) is 11.5 Å². The molecule has 12 rings (SSSR count). The zero-order valence-corrected chi connectivity index (χ0v) is 34.3. The smallest absolute Gasteiger partial charge is 0.152 e. The Hall–Kier alpha value is -7.94. The van der Waals surface area contributed by atoms with Crippen LogP contribution < -0.4 is 9.64 Å². The average molecular weight is 792 g/mol. The molecule has 292 valence electrons. The van der Waals surface area contributed by atoms with Crippen LogP contribution >= 0.6 is 0 Å². The number of rotatable bonds is 7. The van der Waals surface area contributed by atoms with Crippen LogP contribution in [0.25, 0.3) is 56.0 Å². The molecule has 0 atom stereocenters. The molecule has 0 saturated heterocycles. The number of fused-ring (bicyclic) bond motifs is 2. The third-order valence-corrected chi connectivity index (χ3v) is 13.0. The summed E-state index contributed by atoms with van der Waals surface area (Å²) in [6.45, 7) is 2.12. The van der Waals surface area contributed by atoms with Gasteiger partial charge in [0.25, 0.3) is 0 Å². The lowest BCUT2D eigenvalue weighted by Gasteiger charge is -2.34.